The molecule has 0 radical (unpaired) electrons. The lowest BCUT2D eigenvalue weighted by atomic mass is 9.63. The maximum Gasteiger partial charge on any atom is 0.467 e. The third-order valence-electron chi connectivity index (χ3n) is 3.89. The van der Waals surface area contributed by atoms with Crippen LogP contribution in [0.5, 0.6) is 0 Å². The highest BCUT2D eigenvalue weighted by molar-refractivity contribution is 7.92. The van der Waals surface area contributed by atoms with Crippen LogP contribution in [0.25, 0.3) is 0 Å². The van der Waals surface area contributed by atoms with Crippen molar-refractivity contribution in [1.82, 2.24) is 0 Å². The molecule has 1 saturated heterocycles. The van der Waals surface area contributed by atoms with Gasteiger partial charge in [-0.15, -0.1) is 0 Å². The van der Waals surface area contributed by atoms with Crippen molar-refractivity contribution < 1.29 is 13.5 Å². The van der Waals surface area contributed by atoms with Gasteiger partial charge in [0.25, 0.3) is 0 Å². The minimum atomic E-state index is -2.11. The van der Waals surface area contributed by atoms with Crippen molar-refractivity contribution in [2.75, 3.05) is 12.5 Å². The minimum absolute atomic E-state index is 0.117. The lowest BCUT2D eigenvalue weighted by Gasteiger charge is -2.32. The van der Waals surface area contributed by atoms with E-state index in [4.69, 9.17) is 9.31 Å². The highest BCUT2D eigenvalue weighted by Crippen LogP contribution is 2.46. The molecular formula is C12H22BNO3S. The van der Waals surface area contributed by atoms with Gasteiger partial charge in [-0.05, 0) is 34.1 Å². The summed E-state index contributed by atoms with van der Waals surface area (Å²) in [7, 11) is -2.39. The van der Waals surface area contributed by atoms with Gasteiger partial charge in [-0.1, -0.05) is 6.08 Å². The topological polar surface area (TPSA) is 47.9 Å². The molecule has 2 rings (SSSR count). The normalized spacial score (nSPS) is 29.8. The molecule has 0 amide bonds. The average Bonchev–Trinajstić information content (AvgIpc) is 2.28. The number of hydrogen-bond acceptors (Lipinski definition) is 4. The van der Waals surface area contributed by atoms with Crippen molar-refractivity contribution in [3.8, 4) is 0 Å². The van der Waals surface area contributed by atoms with Crippen LogP contribution in [-0.2, 0) is 19.0 Å². The van der Waals surface area contributed by atoms with Crippen molar-refractivity contribution in [1.29, 1.82) is 0 Å². The molecule has 0 saturated carbocycles. The summed E-state index contributed by atoms with van der Waals surface area (Å²) < 4.78 is 28.0. The van der Waals surface area contributed by atoms with Gasteiger partial charge in [0.1, 0.15) is 0 Å². The maximum absolute atomic E-state index is 11.7. The summed E-state index contributed by atoms with van der Waals surface area (Å²) in [4.78, 5) is 0. The summed E-state index contributed by atoms with van der Waals surface area (Å²) in [6.45, 7) is 8.15. The molecule has 0 N–H and O–H groups in total. The lowest BCUT2D eigenvalue weighted by Crippen LogP contribution is -2.41. The molecule has 0 unspecified atom stereocenters. The van der Waals surface area contributed by atoms with E-state index in [9.17, 15) is 4.21 Å². The zero-order chi connectivity index (χ0) is 13.8. The molecule has 2 aliphatic rings. The Labute approximate surface area is 110 Å². The average molecular weight is 271 g/mol. The van der Waals surface area contributed by atoms with Crippen LogP contribution in [0.3, 0.4) is 0 Å². The predicted molar refractivity (Wildman–Crippen MR) is 75.0 cm³/mol. The smallest absolute Gasteiger partial charge is 0.403 e. The first-order chi connectivity index (χ1) is 8.02. The summed E-state index contributed by atoms with van der Waals surface area (Å²) in [5, 5.41) is 0. The van der Waals surface area contributed by atoms with Gasteiger partial charge >= 0.3 is 7.12 Å². The molecule has 18 heavy (non-hydrogen) atoms. The molecule has 1 atom stereocenters. The molecule has 0 aromatic heterocycles. The van der Waals surface area contributed by atoms with Gasteiger partial charge in [0.2, 0.25) is 0 Å². The highest BCUT2D eigenvalue weighted by atomic mass is 32.2. The Kier molecular flexibility index (Phi) is 3.20. The maximum atomic E-state index is 11.7. The van der Waals surface area contributed by atoms with Crippen LogP contribution in [0.4, 0.5) is 0 Å². The van der Waals surface area contributed by atoms with Crippen LogP contribution in [0.15, 0.2) is 16.1 Å². The molecule has 1 fully saturated rings. The van der Waals surface area contributed by atoms with Crippen LogP contribution in [-0.4, -0.2) is 35.0 Å². The summed E-state index contributed by atoms with van der Waals surface area (Å²) >= 11 is 0. The van der Waals surface area contributed by atoms with E-state index in [1.54, 1.807) is 12.5 Å². The first-order valence-corrected chi connectivity index (χ1v) is 8.58. The number of rotatable bonds is 2. The van der Waals surface area contributed by atoms with Crippen molar-refractivity contribution in [2.45, 2.75) is 51.1 Å². The molecule has 0 aromatic carbocycles. The van der Waals surface area contributed by atoms with E-state index in [0.717, 1.165) is 12.1 Å². The molecule has 102 valence electrons. The Balaban J connectivity index is 2.14. The quantitative estimate of drug-likeness (QED) is 0.725. The fourth-order valence-corrected chi connectivity index (χ4v) is 2.74. The molecule has 1 aliphatic carbocycles. The molecular weight excluding hydrogens is 249 g/mol. The van der Waals surface area contributed by atoms with E-state index < -0.39 is 9.73 Å². The Morgan fingerprint density at radius 3 is 2.11 bits per heavy atom. The summed E-state index contributed by atoms with van der Waals surface area (Å²) in [6, 6.07) is 0. The second-order valence-corrected chi connectivity index (χ2v) is 8.91. The first kappa shape index (κ1) is 14.1. The molecule has 1 aliphatic heterocycles. The Hall–Kier alpha value is -0.325. The van der Waals surface area contributed by atoms with Crippen molar-refractivity contribution in [2.24, 2.45) is 4.36 Å². The van der Waals surface area contributed by atoms with Gasteiger partial charge in [-0.2, -0.15) is 0 Å². The van der Waals surface area contributed by atoms with Gasteiger partial charge in [0.05, 0.1) is 11.2 Å². The highest BCUT2D eigenvalue weighted by Gasteiger charge is 2.55. The van der Waals surface area contributed by atoms with Crippen LogP contribution >= 0.6 is 0 Å². The van der Waals surface area contributed by atoms with E-state index in [1.807, 2.05) is 33.8 Å². The zero-order valence-corrected chi connectivity index (χ0v) is 12.8. The van der Waals surface area contributed by atoms with E-state index >= 15 is 0 Å². The first-order valence-electron chi connectivity index (χ1n) is 6.25. The van der Waals surface area contributed by atoms with Gasteiger partial charge in [-0.3, -0.25) is 0 Å². The molecule has 0 bridgehead atoms. The molecule has 0 spiro atoms. The van der Waals surface area contributed by atoms with Crippen LogP contribution in [0.2, 0.25) is 5.82 Å². The fraction of sp³-hybridized carbons (Fsp3) is 0.833. The third-order valence-corrected chi connectivity index (χ3v) is 4.54. The molecule has 4 nitrogen and oxygen atoms in total. The summed E-state index contributed by atoms with van der Waals surface area (Å²) in [5.41, 5.74) is 0.222. The van der Waals surface area contributed by atoms with Gasteiger partial charge in [-0.25, -0.2) is 8.57 Å². The summed E-state index contributed by atoms with van der Waals surface area (Å²) in [6.07, 6.45) is 6.18. The monoisotopic (exact) mass is 271 g/mol. The second-order valence-electron chi connectivity index (χ2n) is 6.37. The van der Waals surface area contributed by atoms with E-state index in [0.29, 0.717) is 0 Å². The number of nitrogens with zero attached hydrogens (tertiary/aromatic N) is 1. The van der Waals surface area contributed by atoms with Gasteiger partial charge in [0.15, 0.2) is 0 Å². The zero-order valence-electron chi connectivity index (χ0n) is 12.0. The SMILES string of the molecule is CC1(C)OB([C@@H]2CC=C2N=S(C)(C)=O)OC1(C)C. The van der Waals surface area contributed by atoms with Gasteiger partial charge < -0.3 is 9.31 Å². The number of allylic oxidation sites excluding steroid dienone is 2. The Morgan fingerprint density at radius 1 is 1.28 bits per heavy atom. The van der Waals surface area contributed by atoms with Crippen LogP contribution in [0, 0.1) is 0 Å². The van der Waals surface area contributed by atoms with E-state index in [1.165, 1.54) is 0 Å². The molecule has 6 heteroatoms. The second kappa shape index (κ2) is 4.08. The predicted octanol–water partition coefficient (Wildman–Crippen LogP) is 2.46. The molecule has 1 heterocycles. The number of hydrogen-bond donors (Lipinski definition) is 0. The standard InChI is InChI=1S/C12H22BNO3S/c1-11(2)12(3,4)17-13(16-11)9-7-8-10(9)14-18(5,6)15/h8-9H,7H2,1-6H3/t9-/m1/s1. The van der Waals surface area contributed by atoms with E-state index in [2.05, 4.69) is 4.36 Å². The van der Waals surface area contributed by atoms with Crippen molar-refractivity contribution in [3.05, 3.63) is 11.8 Å². The third kappa shape index (κ3) is 2.51. The lowest BCUT2D eigenvalue weighted by molar-refractivity contribution is 0.00578. The van der Waals surface area contributed by atoms with Crippen LogP contribution in [0.1, 0.15) is 34.1 Å². The largest absolute Gasteiger partial charge is 0.467 e. The van der Waals surface area contributed by atoms with Crippen molar-refractivity contribution in [3.63, 3.8) is 0 Å². The van der Waals surface area contributed by atoms with Crippen LogP contribution < -0.4 is 0 Å². The molecule has 0 aromatic rings. The van der Waals surface area contributed by atoms with Gasteiger partial charge in [0, 0.05) is 33.8 Å². The minimum Gasteiger partial charge on any atom is -0.403 e. The van der Waals surface area contributed by atoms with E-state index in [-0.39, 0.29) is 24.1 Å². The summed E-state index contributed by atoms with van der Waals surface area (Å²) in [5.74, 6) is 0.117. The Bertz CT molecular complexity index is 479. The van der Waals surface area contributed by atoms with Crippen molar-refractivity contribution >= 4 is 16.8 Å². The Morgan fingerprint density at radius 2 is 1.78 bits per heavy atom. The fourth-order valence-electron chi connectivity index (χ4n) is 2.02.